The zero-order chi connectivity index (χ0) is 36.6. The van der Waals surface area contributed by atoms with E-state index in [9.17, 15) is 0 Å². The first-order chi connectivity index (χ1) is 27.3. The number of para-hydroxylation sites is 4. The average Bonchev–Trinajstić information content (AvgIpc) is 3.26. The Morgan fingerprint density at radius 3 is 1.24 bits per heavy atom. The van der Waals surface area contributed by atoms with E-state index in [2.05, 4.69) is 228 Å². The molecule has 0 N–H and O–H groups in total. The lowest BCUT2D eigenvalue weighted by Gasteiger charge is -2.26. The SMILES string of the molecule is c1ccc(N(c2ccccc2)c2ccc(-c3ccc4c(c3)Oc3c(-c5ccc(N(c6ccccc6)c6ccccc6)cc5)ccc5cccc-4c35)cc2)cc1. The first kappa shape index (κ1) is 32.3. The summed E-state index contributed by atoms with van der Waals surface area (Å²) in [6.45, 7) is 0. The zero-order valence-corrected chi connectivity index (χ0v) is 30.1. The largest absolute Gasteiger partial charge is 0.455 e. The second-order valence-electron chi connectivity index (χ2n) is 13.8. The summed E-state index contributed by atoms with van der Waals surface area (Å²) in [6, 6.07) is 77.2. The number of benzene rings is 9. The number of rotatable bonds is 8. The van der Waals surface area contributed by atoms with Gasteiger partial charge in [-0.25, -0.2) is 0 Å². The van der Waals surface area contributed by atoms with E-state index in [1.165, 1.54) is 10.9 Å². The molecule has 0 amide bonds. The second kappa shape index (κ2) is 13.9. The van der Waals surface area contributed by atoms with Crippen LogP contribution in [0.5, 0.6) is 11.5 Å². The summed E-state index contributed by atoms with van der Waals surface area (Å²) in [5.74, 6) is 1.75. The lowest BCUT2D eigenvalue weighted by molar-refractivity contribution is 0.489. The molecule has 0 radical (unpaired) electrons. The molecule has 55 heavy (non-hydrogen) atoms. The minimum absolute atomic E-state index is 0.861. The van der Waals surface area contributed by atoms with Crippen LogP contribution in [-0.4, -0.2) is 0 Å². The molecule has 260 valence electrons. The third-order valence-corrected chi connectivity index (χ3v) is 10.4. The fourth-order valence-corrected chi connectivity index (χ4v) is 7.82. The number of hydrogen-bond donors (Lipinski definition) is 0. The standard InChI is InChI=1S/C52H36N2O/c1-5-15-41(16-6-1)53(42-17-7-2-8-18-42)45-30-24-37(25-31-45)40-29-35-48-49-23-13-14-39-28-34-47(52(51(39)49)55-50(48)36-40)38-26-32-46(33-27-38)54(43-19-9-3-10-20-43)44-21-11-4-12-22-44/h1-36H. The van der Waals surface area contributed by atoms with E-state index in [-0.39, 0.29) is 0 Å². The minimum atomic E-state index is 0.861. The van der Waals surface area contributed by atoms with Crippen LogP contribution >= 0.6 is 0 Å². The molecular weight excluding hydrogens is 669 g/mol. The molecule has 0 fully saturated rings. The fourth-order valence-electron chi connectivity index (χ4n) is 7.82. The molecule has 0 bridgehead atoms. The maximum Gasteiger partial charge on any atom is 0.143 e. The Bertz CT molecular complexity index is 2670. The van der Waals surface area contributed by atoms with Gasteiger partial charge in [0, 0.05) is 50.6 Å². The highest BCUT2D eigenvalue weighted by molar-refractivity contribution is 6.08. The van der Waals surface area contributed by atoms with Crippen molar-refractivity contribution in [3.8, 4) is 44.9 Å². The topological polar surface area (TPSA) is 15.7 Å². The van der Waals surface area contributed by atoms with Crippen LogP contribution in [0.4, 0.5) is 34.1 Å². The van der Waals surface area contributed by atoms with Crippen molar-refractivity contribution in [1.82, 2.24) is 0 Å². The van der Waals surface area contributed by atoms with Crippen LogP contribution in [0, 0.1) is 0 Å². The van der Waals surface area contributed by atoms with Crippen molar-refractivity contribution in [2.75, 3.05) is 9.80 Å². The van der Waals surface area contributed by atoms with Crippen molar-refractivity contribution in [3.63, 3.8) is 0 Å². The van der Waals surface area contributed by atoms with Gasteiger partial charge in [-0.05, 0) is 119 Å². The molecule has 0 saturated heterocycles. The molecule has 0 unspecified atom stereocenters. The molecule has 10 rings (SSSR count). The normalized spacial score (nSPS) is 11.4. The van der Waals surface area contributed by atoms with E-state index in [4.69, 9.17) is 4.74 Å². The van der Waals surface area contributed by atoms with Crippen molar-refractivity contribution in [1.29, 1.82) is 0 Å². The Hall–Kier alpha value is -7.36. The van der Waals surface area contributed by atoms with Gasteiger partial charge in [-0.15, -0.1) is 0 Å². The average molecular weight is 705 g/mol. The van der Waals surface area contributed by atoms with Crippen molar-refractivity contribution >= 4 is 44.9 Å². The first-order valence-corrected chi connectivity index (χ1v) is 18.7. The maximum atomic E-state index is 6.97. The highest BCUT2D eigenvalue weighted by Crippen LogP contribution is 2.51. The van der Waals surface area contributed by atoms with Crippen molar-refractivity contribution in [3.05, 3.63) is 218 Å². The van der Waals surface area contributed by atoms with Crippen molar-refractivity contribution < 1.29 is 4.74 Å². The molecule has 9 aromatic rings. The minimum Gasteiger partial charge on any atom is -0.455 e. The predicted molar refractivity (Wildman–Crippen MR) is 230 cm³/mol. The van der Waals surface area contributed by atoms with E-state index in [0.717, 1.165) is 78.8 Å². The van der Waals surface area contributed by atoms with E-state index < -0.39 is 0 Å². The first-order valence-electron chi connectivity index (χ1n) is 18.7. The van der Waals surface area contributed by atoms with E-state index >= 15 is 0 Å². The number of nitrogens with zero attached hydrogens (tertiary/aromatic N) is 2. The second-order valence-corrected chi connectivity index (χ2v) is 13.8. The molecule has 1 aliphatic rings. The highest BCUT2D eigenvalue weighted by Gasteiger charge is 2.24. The Labute approximate surface area is 321 Å². The van der Waals surface area contributed by atoms with Gasteiger partial charge in [-0.2, -0.15) is 0 Å². The molecule has 1 heterocycles. The van der Waals surface area contributed by atoms with Gasteiger partial charge < -0.3 is 14.5 Å². The fraction of sp³-hybridized carbons (Fsp3) is 0. The summed E-state index contributed by atoms with van der Waals surface area (Å²) < 4.78 is 6.97. The Balaban J connectivity index is 1.00. The van der Waals surface area contributed by atoms with E-state index in [1.54, 1.807) is 0 Å². The molecule has 0 aromatic heterocycles. The van der Waals surface area contributed by atoms with E-state index in [0.29, 0.717) is 0 Å². The summed E-state index contributed by atoms with van der Waals surface area (Å²) in [4.78, 5) is 4.57. The van der Waals surface area contributed by atoms with Gasteiger partial charge >= 0.3 is 0 Å². The summed E-state index contributed by atoms with van der Waals surface area (Å²) in [7, 11) is 0. The van der Waals surface area contributed by atoms with Gasteiger partial charge in [0.25, 0.3) is 0 Å². The Morgan fingerprint density at radius 1 is 0.291 bits per heavy atom. The molecule has 3 heteroatoms. The number of anilines is 6. The monoisotopic (exact) mass is 704 g/mol. The quantitative estimate of drug-likeness (QED) is 0.157. The molecule has 0 spiro atoms. The van der Waals surface area contributed by atoms with Gasteiger partial charge in [0.15, 0.2) is 0 Å². The molecular formula is C52H36N2O. The van der Waals surface area contributed by atoms with Crippen LogP contribution < -0.4 is 14.5 Å². The van der Waals surface area contributed by atoms with Crippen LogP contribution in [0.3, 0.4) is 0 Å². The number of ether oxygens (including phenoxy) is 1. The Kier molecular flexibility index (Phi) is 8.16. The van der Waals surface area contributed by atoms with Crippen molar-refractivity contribution in [2.24, 2.45) is 0 Å². The summed E-state index contributed by atoms with van der Waals surface area (Å²) in [5, 5.41) is 2.31. The summed E-state index contributed by atoms with van der Waals surface area (Å²) in [5.41, 5.74) is 13.4. The summed E-state index contributed by atoms with van der Waals surface area (Å²) >= 11 is 0. The lowest BCUT2D eigenvalue weighted by Crippen LogP contribution is -2.09. The highest BCUT2D eigenvalue weighted by atomic mass is 16.5. The van der Waals surface area contributed by atoms with Gasteiger partial charge in [0.1, 0.15) is 11.5 Å². The lowest BCUT2D eigenvalue weighted by atomic mass is 9.90. The molecule has 0 atom stereocenters. The van der Waals surface area contributed by atoms with E-state index in [1.807, 2.05) is 0 Å². The van der Waals surface area contributed by atoms with Gasteiger partial charge in [0.2, 0.25) is 0 Å². The van der Waals surface area contributed by atoms with Crippen LogP contribution in [0.25, 0.3) is 44.2 Å². The van der Waals surface area contributed by atoms with Gasteiger partial charge in [0.05, 0.1) is 0 Å². The molecule has 0 saturated carbocycles. The molecule has 0 aliphatic carbocycles. The molecule has 3 nitrogen and oxygen atoms in total. The van der Waals surface area contributed by atoms with Crippen LogP contribution in [0.2, 0.25) is 0 Å². The zero-order valence-electron chi connectivity index (χ0n) is 30.1. The third kappa shape index (κ3) is 5.98. The van der Waals surface area contributed by atoms with Crippen LogP contribution in [0.15, 0.2) is 218 Å². The van der Waals surface area contributed by atoms with Crippen molar-refractivity contribution in [2.45, 2.75) is 0 Å². The molecule has 1 aliphatic heterocycles. The van der Waals surface area contributed by atoms with Crippen LogP contribution in [0.1, 0.15) is 0 Å². The number of hydrogen-bond acceptors (Lipinski definition) is 3. The number of fused-ring (bicyclic) bond motifs is 2. The predicted octanol–water partition coefficient (Wildman–Crippen LogP) is 14.9. The van der Waals surface area contributed by atoms with Crippen LogP contribution in [-0.2, 0) is 0 Å². The smallest absolute Gasteiger partial charge is 0.143 e. The third-order valence-electron chi connectivity index (χ3n) is 10.4. The summed E-state index contributed by atoms with van der Waals surface area (Å²) in [6.07, 6.45) is 0. The molecule has 9 aromatic carbocycles. The van der Waals surface area contributed by atoms with Gasteiger partial charge in [-0.3, -0.25) is 0 Å². The maximum absolute atomic E-state index is 6.97. The Morgan fingerprint density at radius 2 is 0.727 bits per heavy atom. The van der Waals surface area contributed by atoms with Gasteiger partial charge in [-0.1, -0.05) is 127 Å².